The highest BCUT2D eigenvalue weighted by molar-refractivity contribution is 9.10. The van der Waals surface area contributed by atoms with E-state index in [1.165, 1.54) is 0 Å². The maximum atomic E-state index is 12.5. The third kappa shape index (κ3) is 3.04. The van der Waals surface area contributed by atoms with E-state index in [1.807, 2.05) is 18.2 Å². The Morgan fingerprint density at radius 2 is 2.10 bits per heavy atom. The monoisotopic (exact) mass is 334 g/mol. The average Bonchev–Trinajstić information content (AvgIpc) is 2.49. The molecule has 1 aromatic carbocycles. The summed E-state index contributed by atoms with van der Waals surface area (Å²) < 4.78 is 1.00. The molecule has 0 unspecified atom stereocenters. The Labute approximate surface area is 128 Å². The molecule has 20 heavy (non-hydrogen) atoms. The molecule has 1 aliphatic rings. The fourth-order valence-corrected chi connectivity index (χ4v) is 3.17. The first-order valence-corrected chi connectivity index (χ1v) is 7.92. The van der Waals surface area contributed by atoms with Gasteiger partial charge in [0.2, 0.25) is 5.91 Å². The van der Waals surface area contributed by atoms with Crippen molar-refractivity contribution < 1.29 is 4.79 Å². The second kappa shape index (κ2) is 6.41. The number of nitrogens with zero attached hydrogens (tertiary/aromatic N) is 1. The van der Waals surface area contributed by atoms with E-state index < -0.39 is 5.41 Å². The molecule has 0 radical (unpaired) electrons. The Hall–Kier alpha value is -1.34. The van der Waals surface area contributed by atoms with Crippen molar-refractivity contribution in [1.82, 2.24) is 0 Å². The molecule has 1 aromatic rings. The van der Waals surface area contributed by atoms with Gasteiger partial charge in [0.15, 0.2) is 0 Å². The lowest BCUT2D eigenvalue weighted by Crippen LogP contribution is -2.37. The third-order valence-electron chi connectivity index (χ3n) is 4.05. The molecule has 1 aliphatic carbocycles. The zero-order chi connectivity index (χ0) is 14.6. The normalized spacial score (nSPS) is 17.2. The molecular formula is C16H19BrN2O. The van der Waals surface area contributed by atoms with Crippen LogP contribution in [0.5, 0.6) is 0 Å². The Bertz CT molecular complexity index is 542. The van der Waals surface area contributed by atoms with Crippen LogP contribution in [0, 0.1) is 16.7 Å². The van der Waals surface area contributed by atoms with Gasteiger partial charge in [0.1, 0.15) is 5.41 Å². The molecule has 0 aliphatic heterocycles. The summed E-state index contributed by atoms with van der Waals surface area (Å²) in [4.78, 5) is 12.5. The van der Waals surface area contributed by atoms with E-state index in [0.29, 0.717) is 12.8 Å². The number of hydrogen-bond donors (Lipinski definition) is 1. The van der Waals surface area contributed by atoms with Crippen LogP contribution < -0.4 is 5.32 Å². The molecule has 1 fully saturated rings. The smallest absolute Gasteiger partial charge is 0.244 e. The molecule has 1 N–H and O–H groups in total. The van der Waals surface area contributed by atoms with E-state index in [9.17, 15) is 10.1 Å². The summed E-state index contributed by atoms with van der Waals surface area (Å²) in [5.74, 6) is -0.142. The predicted octanol–water partition coefficient (Wildman–Crippen LogP) is 4.42. The molecule has 4 heteroatoms. The number of aryl methyl sites for hydroxylation is 1. The van der Waals surface area contributed by atoms with E-state index in [2.05, 4.69) is 34.2 Å². The van der Waals surface area contributed by atoms with Gasteiger partial charge in [0.05, 0.1) is 6.07 Å². The summed E-state index contributed by atoms with van der Waals surface area (Å²) in [7, 11) is 0. The van der Waals surface area contributed by atoms with Crippen molar-refractivity contribution in [3.05, 3.63) is 28.2 Å². The van der Waals surface area contributed by atoms with Crippen LogP contribution in [0.15, 0.2) is 22.7 Å². The van der Waals surface area contributed by atoms with Gasteiger partial charge < -0.3 is 5.32 Å². The van der Waals surface area contributed by atoms with Gasteiger partial charge in [-0.3, -0.25) is 4.79 Å². The van der Waals surface area contributed by atoms with Gasteiger partial charge in [-0.15, -0.1) is 0 Å². The molecular weight excluding hydrogens is 316 g/mol. The number of halogens is 1. The van der Waals surface area contributed by atoms with Crippen LogP contribution in [0.1, 0.15) is 44.6 Å². The zero-order valence-corrected chi connectivity index (χ0v) is 13.3. The van der Waals surface area contributed by atoms with Crippen molar-refractivity contribution in [2.24, 2.45) is 5.41 Å². The number of nitrogens with one attached hydrogen (secondary N) is 1. The first-order valence-electron chi connectivity index (χ1n) is 7.12. The van der Waals surface area contributed by atoms with Crippen LogP contribution in [0.2, 0.25) is 0 Å². The Kier molecular flexibility index (Phi) is 4.82. The summed E-state index contributed by atoms with van der Waals surface area (Å²) in [5.41, 5.74) is 1.06. The molecule has 0 spiro atoms. The number of carbonyl (C=O) groups is 1. The molecule has 0 heterocycles. The van der Waals surface area contributed by atoms with E-state index in [0.717, 1.165) is 41.4 Å². The first kappa shape index (κ1) is 15.1. The molecule has 0 atom stereocenters. The Balaban J connectivity index is 2.21. The van der Waals surface area contributed by atoms with Crippen molar-refractivity contribution in [2.45, 2.75) is 45.4 Å². The minimum absolute atomic E-state index is 0.142. The fraction of sp³-hybridized carbons (Fsp3) is 0.500. The van der Waals surface area contributed by atoms with Crippen LogP contribution in [0.25, 0.3) is 0 Å². The highest BCUT2D eigenvalue weighted by Crippen LogP contribution is 2.37. The SMILES string of the molecule is CCc1cc(Br)ccc1NC(=O)C1(C#N)CCCCC1. The van der Waals surface area contributed by atoms with E-state index in [4.69, 9.17) is 0 Å². The highest BCUT2D eigenvalue weighted by Gasteiger charge is 2.39. The summed E-state index contributed by atoms with van der Waals surface area (Å²) in [6.45, 7) is 2.05. The van der Waals surface area contributed by atoms with Crippen LogP contribution in [-0.2, 0) is 11.2 Å². The number of rotatable bonds is 3. The van der Waals surface area contributed by atoms with Crippen LogP contribution in [0.4, 0.5) is 5.69 Å². The molecule has 1 amide bonds. The number of anilines is 1. The van der Waals surface area contributed by atoms with Gasteiger partial charge in [0, 0.05) is 10.2 Å². The van der Waals surface area contributed by atoms with Gasteiger partial charge >= 0.3 is 0 Å². The van der Waals surface area contributed by atoms with Crippen molar-refractivity contribution >= 4 is 27.5 Å². The number of benzene rings is 1. The lowest BCUT2D eigenvalue weighted by atomic mass is 9.74. The molecule has 0 aromatic heterocycles. The Morgan fingerprint density at radius 3 is 2.70 bits per heavy atom. The summed E-state index contributed by atoms with van der Waals surface area (Å²) in [6.07, 6.45) is 5.23. The van der Waals surface area contributed by atoms with Crippen molar-refractivity contribution in [3.63, 3.8) is 0 Å². The van der Waals surface area contributed by atoms with Gasteiger partial charge in [-0.25, -0.2) is 0 Å². The lowest BCUT2D eigenvalue weighted by molar-refractivity contribution is -0.124. The number of nitriles is 1. The summed E-state index contributed by atoms with van der Waals surface area (Å²) in [5, 5.41) is 12.4. The van der Waals surface area contributed by atoms with Crippen molar-refractivity contribution in [2.75, 3.05) is 5.32 Å². The average molecular weight is 335 g/mol. The minimum Gasteiger partial charge on any atom is -0.324 e. The maximum absolute atomic E-state index is 12.5. The lowest BCUT2D eigenvalue weighted by Gasteiger charge is -2.29. The molecule has 0 bridgehead atoms. The molecule has 2 rings (SSSR count). The largest absolute Gasteiger partial charge is 0.324 e. The van der Waals surface area contributed by atoms with Crippen LogP contribution in [0.3, 0.4) is 0 Å². The van der Waals surface area contributed by atoms with E-state index in [-0.39, 0.29) is 5.91 Å². The number of amides is 1. The summed E-state index contributed by atoms with van der Waals surface area (Å²) >= 11 is 3.44. The van der Waals surface area contributed by atoms with Gasteiger partial charge in [-0.05, 0) is 43.0 Å². The van der Waals surface area contributed by atoms with E-state index in [1.54, 1.807) is 0 Å². The minimum atomic E-state index is -0.837. The fourth-order valence-electron chi connectivity index (χ4n) is 2.76. The molecule has 3 nitrogen and oxygen atoms in total. The number of carbonyl (C=O) groups excluding carboxylic acids is 1. The summed E-state index contributed by atoms with van der Waals surface area (Å²) in [6, 6.07) is 8.08. The number of hydrogen-bond acceptors (Lipinski definition) is 2. The third-order valence-corrected chi connectivity index (χ3v) is 4.55. The second-order valence-corrected chi connectivity index (χ2v) is 6.28. The first-order chi connectivity index (χ1) is 9.61. The van der Waals surface area contributed by atoms with Crippen molar-refractivity contribution in [1.29, 1.82) is 5.26 Å². The molecule has 0 saturated heterocycles. The quantitative estimate of drug-likeness (QED) is 0.889. The zero-order valence-electron chi connectivity index (χ0n) is 11.7. The predicted molar refractivity (Wildman–Crippen MR) is 83.3 cm³/mol. The van der Waals surface area contributed by atoms with Gasteiger partial charge in [0.25, 0.3) is 0 Å². The Morgan fingerprint density at radius 1 is 1.40 bits per heavy atom. The topological polar surface area (TPSA) is 52.9 Å². The molecule has 106 valence electrons. The van der Waals surface area contributed by atoms with Gasteiger partial charge in [-0.1, -0.05) is 42.1 Å². The highest BCUT2D eigenvalue weighted by atomic mass is 79.9. The van der Waals surface area contributed by atoms with Crippen LogP contribution >= 0.6 is 15.9 Å². The van der Waals surface area contributed by atoms with Crippen LogP contribution in [-0.4, -0.2) is 5.91 Å². The van der Waals surface area contributed by atoms with E-state index >= 15 is 0 Å². The maximum Gasteiger partial charge on any atom is 0.244 e. The molecule has 1 saturated carbocycles. The van der Waals surface area contributed by atoms with Gasteiger partial charge in [-0.2, -0.15) is 5.26 Å². The van der Waals surface area contributed by atoms with Crippen molar-refractivity contribution in [3.8, 4) is 6.07 Å². The second-order valence-electron chi connectivity index (χ2n) is 5.36. The standard InChI is InChI=1S/C16H19BrN2O/c1-2-12-10-13(17)6-7-14(12)19-15(20)16(11-18)8-4-3-5-9-16/h6-7,10H,2-5,8-9H2,1H3,(H,19,20).